The lowest BCUT2D eigenvalue weighted by Gasteiger charge is -2.10. The van der Waals surface area contributed by atoms with E-state index in [9.17, 15) is 26.4 Å². The standard InChI is InChI=1S/C17H21F3N4O3S/c1-11(2)10-28(26,27)7-6-16(25)22-15-8-12(3)23-24(15)14-5-4-13(9-21-14)17(18,19)20/h4-5,8-9,11H,6-7,10H2,1-3H3,(H,22,25). The highest BCUT2D eigenvalue weighted by Gasteiger charge is 2.30. The summed E-state index contributed by atoms with van der Waals surface area (Å²) in [6.07, 6.45) is -4.07. The van der Waals surface area contributed by atoms with Crippen molar-refractivity contribution in [3.05, 3.63) is 35.7 Å². The number of anilines is 1. The lowest BCUT2D eigenvalue weighted by molar-refractivity contribution is -0.137. The summed E-state index contributed by atoms with van der Waals surface area (Å²) in [6.45, 7) is 5.19. The molecule has 0 bridgehead atoms. The third-order valence-corrected chi connectivity index (χ3v) is 5.62. The summed E-state index contributed by atoms with van der Waals surface area (Å²) in [5.74, 6) is -0.599. The van der Waals surface area contributed by atoms with Crippen LogP contribution in [0.15, 0.2) is 24.4 Å². The number of nitrogens with zero attached hydrogens (tertiary/aromatic N) is 3. The van der Waals surface area contributed by atoms with Gasteiger partial charge in [-0.05, 0) is 25.0 Å². The zero-order valence-corrected chi connectivity index (χ0v) is 16.4. The Morgan fingerprint density at radius 1 is 1.29 bits per heavy atom. The Morgan fingerprint density at radius 3 is 2.50 bits per heavy atom. The molecule has 11 heteroatoms. The molecule has 0 aliphatic heterocycles. The quantitative estimate of drug-likeness (QED) is 0.746. The number of aromatic nitrogens is 3. The minimum Gasteiger partial charge on any atom is -0.311 e. The van der Waals surface area contributed by atoms with Gasteiger partial charge in [-0.3, -0.25) is 4.79 Å². The van der Waals surface area contributed by atoms with Gasteiger partial charge in [0.05, 0.1) is 22.8 Å². The molecule has 154 valence electrons. The number of aryl methyl sites for hydroxylation is 1. The van der Waals surface area contributed by atoms with Crippen molar-refractivity contribution in [3.63, 3.8) is 0 Å². The molecule has 0 atom stereocenters. The molecule has 2 aromatic rings. The SMILES string of the molecule is Cc1cc(NC(=O)CCS(=O)(=O)CC(C)C)n(-c2ccc(C(F)(F)F)cn2)n1. The van der Waals surface area contributed by atoms with Gasteiger partial charge in [0.25, 0.3) is 0 Å². The van der Waals surface area contributed by atoms with Crippen molar-refractivity contribution in [1.82, 2.24) is 14.8 Å². The van der Waals surface area contributed by atoms with Crippen LogP contribution in [0.4, 0.5) is 19.0 Å². The van der Waals surface area contributed by atoms with Crippen molar-refractivity contribution in [2.45, 2.75) is 33.4 Å². The number of hydrogen-bond donors (Lipinski definition) is 1. The Morgan fingerprint density at radius 2 is 1.96 bits per heavy atom. The molecule has 0 saturated heterocycles. The number of carbonyl (C=O) groups excluding carboxylic acids is 1. The van der Waals surface area contributed by atoms with Crippen molar-refractivity contribution in [2.24, 2.45) is 5.92 Å². The van der Waals surface area contributed by atoms with Crippen molar-refractivity contribution < 1.29 is 26.4 Å². The fourth-order valence-corrected chi connectivity index (χ4v) is 4.17. The molecule has 0 aliphatic carbocycles. The summed E-state index contributed by atoms with van der Waals surface area (Å²) in [5, 5.41) is 6.65. The molecule has 0 aromatic carbocycles. The zero-order valence-electron chi connectivity index (χ0n) is 15.6. The second-order valence-corrected chi connectivity index (χ2v) is 9.02. The first-order valence-electron chi connectivity index (χ1n) is 8.48. The Bertz CT molecular complexity index is 936. The first kappa shape index (κ1) is 21.9. The fourth-order valence-electron chi connectivity index (χ4n) is 2.49. The molecule has 0 aliphatic rings. The number of sulfone groups is 1. The highest BCUT2D eigenvalue weighted by Crippen LogP contribution is 2.29. The third-order valence-electron chi connectivity index (χ3n) is 3.62. The van der Waals surface area contributed by atoms with Gasteiger partial charge < -0.3 is 5.32 Å². The van der Waals surface area contributed by atoms with E-state index >= 15 is 0 Å². The van der Waals surface area contributed by atoms with E-state index in [4.69, 9.17) is 0 Å². The van der Waals surface area contributed by atoms with Crippen LogP contribution in [0, 0.1) is 12.8 Å². The minimum absolute atomic E-state index is 0.00715. The van der Waals surface area contributed by atoms with Gasteiger partial charge in [-0.25, -0.2) is 13.4 Å². The second-order valence-electron chi connectivity index (χ2n) is 6.79. The van der Waals surface area contributed by atoms with Gasteiger partial charge in [0.2, 0.25) is 5.91 Å². The van der Waals surface area contributed by atoms with Gasteiger partial charge in [-0.15, -0.1) is 0 Å². The molecule has 1 amide bonds. The van der Waals surface area contributed by atoms with Crippen LogP contribution < -0.4 is 5.32 Å². The second kappa shape index (κ2) is 8.29. The van der Waals surface area contributed by atoms with E-state index < -0.39 is 27.5 Å². The lowest BCUT2D eigenvalue weighted by Crippen LogP contribution is -2.22. The molecule has 28 heavy (non-hydrogen) atoms. The van der Waals surface area contributed by atoms with Gasteiger partial charge in [0.15, 0.2) is 15.7 Å². The Hall–Kier alpha value is -2.43. The maximum Gasteiger partial charge on any atom is 0.417 e. The Balaban J connectivity index is 2.13. The summed E-state index contributed by atoms with van der Waals surface area (Å²) < 4.78 is 63.0. The smallest absolute Gasteiger partial charge is 0.311 e. The average molecular weight is 418 g/mol. The molecular formula is C17H21F3N4O3S. The van der Waals surface area contributed by atoms with E-state index in [2.05, 4.69) is 15.4 Å². The van der Waals surface area contributed by atoms with Gasteiger partial charge in [0.1, 0.15) is 5.82 Å². The number of rotatable bonds is 7. The topological polar surface area (TPSA) is 94.0 Å². The van der Waals surface area contributed by atoms with E-state index in [1.54, 1.807) is 20.8 Å². The van der Waals surface area contributed by atoms with E-state index in [1.165, 1.54) is 10.7 Å². The zero-order chi connectivity index (χ0) is 21.1. The van der Waals surface area contributed by atoms with Crippen molar-refractivity contribution in [1.29, 1.82) is 0 Å². The predicted molar refractivity (Wildman–Crippen MR) is 97.8 cm³/mol. The summed E-state index contributed by atoms with van der Waals surface area (Å²) in [7, 11) is -3.35. The van der Waals surface area contributed by atoms with Gasteiger partial charge in [-0.1, -0.05) is 13.8 Å². The van der Waals surface area contributed by atoms with Crippen LogP contribution in [0.2, 0.25) is 0 Å². The van der Waals surface area contributed by atoms with Crippen molar-refractivity contribution in [2.75, 3.05) is 16.8 Å². The molecule has 1 N–H and O–H groups in total. The molecule has 2 rings (SSSR count). The van der Waals surface area contributed by atoms with Gasteiger partial charge in [0, 0.05) is 18.7 Å². The van der Waals surface area contributed by atoms with Crippen molar-refractivity contribution >= 4 is 21.6 Å². The molecule has 2 heterocycles. The summed E-state index contributed by atoms with van der Waals surface area (Å²) in [4.78, 5) is 15.9. The number of nitrogens with one attached hydrogen (secondary N) is 1. The van der Waals surface area contributed by atoms with Crippen LogP contribution in [-0.4, -0.2) is 40.6 Å². The van der Waals surface area contributed by atoms with Gasteiger partial charge in [-0.2, -0.15) is 23.0 Å². The van der Waals surface area contributed by atoms with Crippen LogP contribution in [0.1, 0.15) is 31.5 Å². The maximum atomic E-state index is 12.7. The normalized spacial score (nSPS) is 12.4. The average Bonchev–Trinajstić information content (AvgIpc) is 2.91. The van der Waals surface area contributed by atoms with Crippen LogP contribution in [0.5, 0.6) is 0 Å². The number of pyridine rings is 1. The number of hydrogen-bond acceptors (Lipinski definition) is 5. The molecule has 0 radical (unpaired) electrons. The number of amides is 1. The first-order valence-corrected chi connectivity index (χ1v) is 10.3. The van der Waals surface area contributed by atoms with E-state index in [1.807, 2.05) is 0 Å². The number of carbonyl (C=O) groups is 1. The fraction of sp³-hybridized carbons (Fsp3) is 0.471. The highest BCUT2D eigenvalue weighted by atomic mass is 32.2. The minimum atomic E-state index is -4.51. The van der Waals surface area contributed by atoms with Crippen LogP contribution >= 0.6 is 0 Å². The molecular weight excluding hydrogens is 397 g/mol. The van der Waals surface area contributed by atoms with E-state index in [0.29, 0.717) is 11.9 Å². The predicted octanol–water partition coefficient (Wildman–Crippen LogP) is 2.99. The van der Waals surface area contributed by atoms with E-state index in [-0.39, 0.29) is 35.5 Å². The Kier molecular flexibility index (Phi) is 6.48. The maximum absolute atomic E-state index is 12.7. The van der Waals surface area contributed by atoms with E-state index in [0.717, 1.165) is 12.1 Å². The molecule has 7 nitrogen and oxygen atoms in total. The largest absolute Gasteiger partial charge is 0.417 e. The van der Waals surface area contributed by atoms with Crippen molar-refractivity contribution in [3.8, 4) is 5.82 Å². The van der Waals surface area contributed by atoms with Crippen LogP contribution in [-0.2, 0) is 20.8 Å². The third kappa shape index (κ3) is 6.04. The monoisotopic (exact) mass is 418 g/mol. The van der Waals surface area contributed by atoms with Crippen LogP contribution in [0.3, 0.4) is 0 Å². The highest BCUT2D eigenvalue weighted by molar-refractivity contribution is 7.91. The summed E-state index contributed by atoms with van der Waals surface area (Å²) in [5.41, 5.74) is -0.398. The molecule has 0 saturated carbocycles. The van der Waals surface area contributed by atoms with Crippen LogP contribution in [0.25, 0.3) is 5.82 Å². The molecule has 0 fully saturated rings. The first-order chi connectivity index (χ1) is 12.9. The summed E-state index contributed by atoms with van der Waals surface area (Å²) >= 11 is 0. The lowest BCUT2D eigenvalue weighted by atomic mass is 10.3. The van der Waals surface area contributed by atoms with Gasteiger partial charge >= 0.3 is 6.18 Å². The number of alkyl halides is 3. The molecule has 0 unspecified atom stereocenters. The molecule has 2 aromatic heterocycles. The summed E-state index contributed by atoms with van der Waals surface area (Å²) in [6, 6.07) is 3.52. The Labute approximate surface area is 160 Å². The number of halogens is 3. The molecule has 0 spiro atoms.